The second-order valence-corrected chi connectivity index (χ2v) is 7.83. The summed E-state index contributed by atoms with van der Waals surface area (Å²) in [5.74, 6) is 0.371. The predicted molar refractivity (Wildman–Crippen MR) is 112 cm³/mol. The minimum Gasteiger partial charge on any atom is -0.504 e. The molecular weight excluding hydrogens is 369 g/mol. The number of halogens is 1. The maximum absolute atomic E-state index is 13.5. The first-order valence-electron chi connectivity index (χ1n) is 10.2. The number of phenols is 1. The number of rotatable bonds is 4. The van der Waals surface area contributed by atoms with E-state index in [4.69, 9.17) is 9.73 Å². The molecule has 4 rings (SSSR count). The van der Waals surface area contributed by atoms with Gasteiger partial charge in [-0.1, -0.05) is 31.2 Å². The Kier molecular flexibility index (Phi) is 5.56. The van der Waals surface area contributed by atoms with Gasteiger partial charge in [-0.3, -0.25) is 10.3 Å². The smallest absolute Gasteiger partial charge is 0.162 e. The van der Waals surface area contributed by atoms with Crippen molar-refractivity contribution >= 4 is 5.71 Å². The number of benzene rings is 2. The zero-order chi connectivity index (χ0) is 20.4. The van der Waals surface area contributed by atoms with E-state index in [-0.39, 0.29) is 23.3 Å². The summed E-state index contributed by atoms with van der Waals surface area (Å²) in [4.78, 5) is 7.56. The van der Waals surface area contributed by atoms with Crippen LogP contribution in [0, 0.1) is 5.82 Å². The van der Waals surface area contributed by atoms with Crippen LogP contribution < -0.4 is 10.1 Å². The van der Waals surface area contributed by atoms with E-state index in [2.05, 4.69) is 17.1 Å². The number of methoxy groups -OCH3 is 1. The summed E-state index contributed by atoms with van der Waals surface area (Å²) in [5.41, 5.74) is 2.29. The zero-order valence-electron chi connectivity index (χ0n) is 17.0. The number of piperidine rings is 1. The van der Waals surface area contributed by atoms with Crippen LogP contribution in [0.15, 0.2) is 47.5 Å². The molecule has 0 bridgehead atoms. The molecule has 0 amide bonds. The van der Waals surface area contributed by atoms with Crippen LogP contribution in [0.25, 0.3) is 0 Å². The number of likely N-dealkylation sites (tertiary alicyclic amines) is 1. The Labute approximate surface area is 171 Å². The molecule has 1 saturated heterocycles. The van der Waals surface area contributed by atoms with E-state index in [0.717, 1.165) is 49.3 Å². The van der Waals surface area contributed by atoms with Crippen LogP contribution in [0.2, 0.25) is 0 Å². The maximum Gasteiger partial charge on any atom is 0.162 e. The molecule has 0 saturated carbocycles. The van der Waals surface area contributed by atoms with Crippen LogP contribution in [-0.2, 0) is 0 Å². The molecule has 6 heteroatoms. The number of phenolic OH excluding ortho intramolecular Hbond substituents is 1. The molecule has 2 N–H and O–H groups in total. The first-order valence-corrected chi connectivity index (χ1v) is 10.2. The normalized spacial score (nSPS) is 21.8. The van der Waals surface area contributed by atoms with E-state index in [0.29, 0.717) is 12.2 Å². The highest BCUT2D eigenvalue weighted by Crippen LogP contribution is 2.40. The maximum atomic E-state index is 13.5. The lowest BCUT2D eigenvalue weighted by atomic mass is 9.87. The van der Waals surface area contributed by atoms with Crippen LogP contribution in [-0.4, -0.2) is 48.1 Å². The van der Waals surface area contributed by atoms with Crippen molar-refractivity contribution in [1.82, 2.24) is 10.2 Å². The fourth-order valence-electron chi connectivity index (χ4n) is 4.40. The van der Waals surface area contributed by atoms with E-state index in [9.17, 15) is 9.50 Å². The number of aromatic hydroxyl groups is 1. The van der Waals surface area contributed by atoms with Crippen LogP contribution in [0.1, 0.15) is 43.4 Å². The summed E-state index contributed by atoms with van der Waals surface area (Å²) in [6, 6.07) is 12.0. The Bertz CT molecular complexity index is 889. The highest BCUT2D eigenvalue weighted by Gasteiger charge is 2.40. The summed E-state index contributed by atoms with van der Waals surface area (Å²) in [5, 5.41) is 14.5. The monoisotopic (exact) mass is 397 g/mol. The van der Waals surface area contributed by atoms with Crippen LogP contribution in [0.3, 0.4) is 0 Å². The van der Waals surface area contributed by atoms with E-state index in [1.165, 1.54) is 12.1 Å². The Morgan fingerprint density at radius 3 is 2.59 bits per heavy atom. The number of hydrogen-bond donors (Lipinski definition) is 2. The number of para-hydroxylation sites is 1. The van der Waals surface area contributed by atoms with E-state index >= 15 is 0 Å². The molecule has 1 fully saturated rings. The number of aliphatic imine (C=N–C) groups is 1. The molecule has 2 aliphatic rings. The van der Waals surface area contributed by atoms with Crippen LogP contribution in [0.4, 0.5) is 4.39 Å². The van der Waals surface area contributed by atoms with Crippen molar-refractivity contribution in [2.45, 2.75) is 37.9 Å². The molecule has 0 aromatic heterocycles. The lowest BCUT2D eigenvalue weighted by Gasteiger charge is -2.45. The third-order valence-corrected chi connectivity index (χ3v) is 6.12. The molecule has 2 aromatic carbocycles. The lowest BCUT2D eigenvalue weighted by molar-refractivity contribution is 0.129. The summed E-state index contributed by atoms with van der Waals surface area (Å²) < 4.78 is 18.8. The Morgan fingerprint density at radius 1 is 1.21 bits per heavy atom. The quantitative estimate of drug-likeness (QED) is 0.822. The molecule has 29 heavy (non-hydrogen) atoms. The first-order chi connectivity index (χ1) is 14.0. The van der Waals surface area contributed by atoms with Gasteiger partial charge in [0, 0.05) is 36.8 Å². The van der Waals surface area contributed by atoms with Crippen molar-refractivity contribution in [3.05, 3.63) is 59.4 Å². The van der Waals surface area contributed by atoms with Gasteiger partial charge in [-0.2, -0.15) is 0 Å². The Balaban J connectivity index is 1.72. The first kappa shape index (κ1) is 19.9. The molecule has 2 aliphatic heterocycles. The molecule has 2 aromatic rings. The highest BCUT2D eigenvalue weighted by atomic mass is 19.1. The van der Waals surface area contributed by atoms with Gasteiger partial charge < -0.3 is 14.7 Å². The molecular formula is C23H28FN3O2. The second-order valence-electron chi connectivity index (χ2n) is 7.83. The van der Waals surface area contributed by atoms with Crippen molar-refractivity contribution in [2.24, 2.45) is 4.99 Å². The second kappa shape index (κ2) is 8.13. The number of hydrogen-bond acceptors (Lipinski definition) is 5. The fraction of sp³-hybridized carbons (Fsp3) is 0.435. The van der Waals surface area contributed by atoms with E-state index in [1.54, 1.807) is 25.3 Å². The average molecular weight is 397 g/mol. The molecule has 5 nitrogen and oxygen atoms in total. The molecule has 154 valence electrons. The third kappa shape index (κ3) is 4.00. The SMILES string of the molecule is CCN1CCC2(CC1)N=C(c1ccc(F)cc1)C[C@H](c1cccc(OC)c1O)N2. The van der Waals surface area contributed by atoms with E-state index in [1.807, 2.05) is 12.1 Å². The number of nitrogens with one attached hydrogen (secondary N) is 1. The molecule has 0 aliphatic carbocycles. The van der Waals surface area contributed by atoms with Gasteiger partial charge in [0.05, 0.1) is 7.11 Å². The van der Waals surface area contributed by atoms with Gasteiger partial charge >= 0.3 is 0 Å². The van der Waals surface area contributed by atoms with E-state index < -0.39 is 0 Å². The van der Waals surface area contributed by atoms with Gasteiger partial charge in [0.15, 0.2) is 11.5 Å². The molecule has 1 atom stereocenters. The van der Waals surface area contributed by atoms with Gasteiger partial charge in [-0.15, -0.1) is 0 Å². The molecule has 1 spiro atoms. The lowest BCUT2D eigenvalue weighted by Crippen LogP contribution is -2.56. The van der Waals surface area contributed by atoms with Crippen LogP contribution >= 0.6 is 0 Å². The van der Waals surface area contributed by atoms with Gasteiger partial charge in [0.25, 0.3) is 0 Å². The van der Waals surface area contributed by atoms with Gasteiger partial charge in [0.1, 0.15) is 11.5 Å². The molecule has 0 unspecified atom stereocenters. The van der Waals surface area contributed by atoms with Crippen molar-refractivity contribution < 1.29 is 14.2 Å². The van der Waals surface area contributed by atoms with Gasteiger partial charge in [-0.05, 0) is 43.1 Å². The van der Waals surface area contributed by atoms with Crippen molar-refractivity contribution in [3.8, 4) is 11.5 Å². The van der Waals surface area contributed by atoms with Crippen molar-refractivity contribution in [1.29, 1.82) is 0 Å². The van der Waals surface area contributed by atoms with Crippen molar-refractivity contribution in [2.75, 3.05) is 26.7 Å². The zero-order valence-corrected chi connectivity index (χ0v) is 17.0. The van der Waals surface area contributed by atoms with Gasteiger partial charge in [0.2, 0.25) is 0 Å². The van der Waals surface area contributed by atoms with Crippen molar-refractivity contribution in [3.63, 3.8) is 0 Å². The molecule has 0 radical (unpaired) electrons. The van der Waals surface area contributed by atoms with Crippen LogP contribution in [0.5, 0.6) is 11.5 Å². The van der Waals surface area contributed by atoms with Gasteiger partial charge in [-0.25, -0.2) is 4.39 Å². The topological polar surface area (TPSA) is 57.1 Å². The Morgan fingerprint density at radius 2 is 1.93 bits per heavy atom. The summed E-state index contributed by atoms with van der Waals surface area (Å²) >= 11 is 0. The number of nitrogens with zero attached hydrogens (tertiary/aromatic N) is 2. The summed E-state index contributed by atoms with van der Waals surface area (Å²) in [6.45, 7) is 5.16. The summed E-state index contributed by atoms with van der Waals surface area (Å²) in [6.07, 6.45) is 2.41. The summed E-state index contributed by atoms with van der Waals surface area (Å²) in [7, 11) is 1.56. The number of ether oxygens (including phenoxy) is 1. The largest absolute Gasteiger partial charge is 0.504 e. The highest BCUT2D eigenvalue weighted by molar-refractivity contribution is 6.01. The Hall–Kier alpha value is -2.44. The standard InChI is InChI=1S/C23H28FN3O2/c1-3-27-13-11-23(12-14-27)25-19(16-7-9-17(24)10-8-16)15-20(26-23)18-5-4-6-21(29-2)22(18)28/h4-10,20,26,28H,3,11-15H2,1-2H3/t20-/m1/s1. The third-order valence-electron chi connectivity index (χ3n) is 6.12. The average Bonchev–Trinajstić information content (AvgIpc) is 2.74. The minimum atomic E-state index is -0.381. The fourth-order valence-corrected chi connectivity index (χ4v) is 4.40. The molecule has 2 heterocycles. The predicted octanol–water partition coefficient (Wildman–Crippen LogP) is 3.88. The minimum absolute atomic E-state index is 0.101.